The van der Waals surface area contributed by atoms with Gasteiger partial charge in [-0.3, -0.25) is 9.69 Å². The van der Waals surface area contributed by atoms with Crippen LogP contribution in [0.15, 0.2) is 27.8 Å². The van der Waals surface area contributed by atoms with Crippen molar-refractivity contribution in [2.24, 2.45) is 16.8 Å². The molecule has 176 valence electrons. The summed E-state index contributed by atoms with van der Waals surface area (Å²) in [6.07, 6.45) is 2.02. The van der Waals surface area contributed by atoms with Crippen molar-refractivity contribution in [3.8, 4) is 0 Å². The highest BCUT2D eigenvalue weighted by atomic mass is 127. The van der Waals surface area contributed by atoms with Crippen LogP contribution >= 0.6 is 24.0 Å². The van der Waals surface area contributed by atoms with Gasteiger partial charge in [0.15, 0.2) is 5.96 Å². The fourth-order valence-corrected chi connectivity index (χ4v) is 4.45. The first-order valence-electron chi connectivity index (χ1n) is 11.2. The zero-order valence-corrected chi connectivity index (χ0v) is 21.3. The Hall–Kier alpha value is -1.33. The Morgan fingerprint density at radius 1 is 1.23 bits per heavy atom. The molecule has 2 aliphatic rings. The van der Waals surface area contributed by atoms with E-state index in [1.54, 1.807) is 18.4 Å². The molecule has 31 heavy (non-hydrogen) atoms. The summed E-state index contributed by atoms with van der Waals surface area (Å²) in [5.41, 5.74) is 0. The predicted octanol–water partition coefficient (Wildman–Crippen LogP) is 2.02. The summed E-state index contributed by atoms with van der Waals surface area (Å²) < 4.78 is 5.25. The lowest BCUT2D eigenvalue weighted by atomic mass is 9.92. The number of carbonyl (C=O) groups excluding carboxylic acids is 1. The Balaban J connectivity index is 0.00000341. The molecule has 2 aliphatic heterocycles. The molecule has 3 unspecified atom stereocenters. The average molecular weight is 547 g/mol. The van der Waals surface area contributed by atoms with Crippen molar-refractivity contribution in [2.45, 2.75) is 33.3 Å². The summed E-state index contributed by atoms with van der Waals surface area (Å²) in [6, 6.07) is 3.52. The fourth-order valence-electron chi connectivity index (χ4n) is 4.45. The van der Waals surface area contributed by atoms with Gasteiger partial charge < -0.3 is 24.6 Å². The van der Waals surface area contributed by atoms with E-state index in [2.05, 4.69) is 34.0 Å². The second kappa shape index (κ2) is 12.6. The van der Waals surface area contributed by atoms with Crippen LogP contribution in [0.4, 0.5) is 0 Å². The van der Waals surface area contributed by atoms with Gasteiger partial charge in [0.05, 0.1) is 19.4 Å². The number of hydrogen-bond acceptors (Lipinski definition) is 5. The van der Waals surface area contributed by atoms with E-state index in [1.165, 1.54) is 6.42 Å². The van der Waals surface area contributed by atoms with Gasteiger partial charge in [-0.05, 0) is 37.3 Å². The zero-order chi connectivity index (χ0) is 21.5. The van der Waals surface area contributed by atoms with Gasteiger partial charge in [0.2, 0.25) is 5.91 Å². The molecule has 0 aromatic carbocycles. The number of nitrogens with one attached hydrogen (secondary N) is 1. The number of piperazine rings is 1. The zero-order valence-electron chi connectivity index (χ0n) is 19.0. The molecular weight excluding hydrogens is 509 g/mol. The number of likely N-dealkylation sites (tertiary alicyclic amines) is 1. The smallest absolute Gasteiger partial charge is 0.236 e. The number of halogens is 1. The average Bonchev–Trinajstić information content (AvgIpc) is 3.26. The van der Waals surface area contributed by atoms with Crippen molar-refractivity contribution in [3.05, 3.63) is 24.2 Å². The third-order valence-electron chi connectivity index (χ3n) is 5.87. The molecule has 1 aromatic heterocycles. The number of hydrogen-bond donors (Lipinski definition) is 2. The van der Waals surface area contributed by atoms with Crippen LogP contribution in [0.1, 0.15) is 39.1 Å². The molecule has 0 saturated carbocycles. The molecule has 2 saturated heterocycles. The summed E-state index contributed by atoms with van der Waals surface area (Å²) in [5.74, 6) is 2.76. The van der Waals surface area contributed by atoms with Gasteiger partial charge in [-0.15, -0.1) is 24.0 Å². The van der Waals surface area contributed by atoms with Crippen LogP contribution in [0.5, 0.6) is 0 Å². The maximum atomic E-state index is 12.8. The van der Waals surface area contributed by atoms with E-state index in [1.807, 2.05) is 11.8 Å². The summed E-state index contributed by atoms with van der Waals surface area (Å²) in [5, 5.41) is 13.5. The van der Waals surface area contributed by atoms with Crippen LogP contribution in [-0.4, -0.2) is 90.6 Å². The molecule has 3 heterocycles. The predicted molar refractivity (Wildman–Crippen MR) is 133 cm³/mol. The first-order valence-corrected chi connectivity index (χ1v) is 11.2. The lowest BCUT2D eigenvalue weighted by molar-refractivity contribution is -0.135. The van der Waals surface area contributed by atoms with Crippen LogP contribution in [0.25, 0.3) is 0 Å². The summed E-state index contributed by atoms with van der Waals surface area (Å²) in [6.45, 7) is 13.1. The number of furan rings is 1. The minimum Gasteiger partial charge on any atom is -0.467 e. The van der Waals surface area contributed by atoms with Crippen molar-refractivity contribution in [1.82, 2.24) is 20.0 Å². The summed E-state index contributed by atoms with van der Waals surface area (Å²) >= 11 is 0. The molecule has 0 aliphatic carbocycles. The van der Waals surface area contributed by atoms with E-state index < -0.39 is 6.10 Å². The molecule has 8 nitrogen and oxygen atoms in total. The third kappa shape index (κ3) is 7.64. The van der Waals surface area contributed by atoms with Crippen molar-refractivity contribution in [2.75, 3.05) is 58.9 Å². The molecule has 0 bridgehead atoms. The standard InChI is InChI=1S/C22H37N5O3.HI/c1-4-23-22(24-13-19(28)20-6-5-11-30-20)26-9-7-25(8-10-26)16-21(29)27-14-17(2)12-18(3)15-27;/h5-6,11,17-19,28H,4,7-10,12-16H2,1-3H3,(H,23,24);1H. The molecule has 9 heteroatoms. The number of aliphatic hydroxyl groups excluding tert-OH is 1. The molecule has 1 aromatic rings. The lowest BCUT2D eigenvalue weighted by Gasteiger charge is -2.39. The van der Waals surface area contributed by atoms with Crippen LogP contribution in [-0.2, 0) is 4.79 Å². The quantitative estimate of drug-likeness (QED) is 0.322. The number of carbonyl (C=O) groups is 1. The number of aliphatic imine (C=N–C) groups is 1. The SMILES string of the molecule is CCNC(=NCC(O)c1ccco1)N1CCN(CC(=O)N2CC(C)CC(C)C2)CC1.I. The van der Waals surface area contributed by atoms with Gasteiger partial charge in [0.1, 0.15) is 11.9 Å². The minimum atomic E-state index is -0.748. The number of piperidine rings is 1. The second-order valence-corrected chi connectivity index (χ2v) is 8.73. The normalized spacial score (nSPS) is 23.9. The highest BCUT2D eigenvalue weighted by molar-refractivity contribution is 14.0. The van der Waals surface area contributed by atoms with E-state index in [4.69, 9.17) is 4.42 Å². The van der Waals surface area contributed by atoms with Crippen molar-refractivity contribution in [1.29, 1.82) is 0 Å². The van der Waals surface area contributed by atoms with Gasteiger partial charge in [0.25, 0.3) is 0 Å². The highest BCUT2D eigenvalue weighted by Gasteiger charge is 2.28. The van der Waals surface area contributed by atoms with Gasteiger partial charge in [-0.25, -0.2) is 4.99 Å². The van der Waals surface area contributed by atoms with Crippen LogP contribution in [0.3, 0.4) is 0 Å². The maximum Gasteiger partial charge on any atom is 0.236 e. The van der Waals surface area contributed by atoms with Gasteiger partial charge in [-0.2, -0.15) is 0 Å². The van der Waals surface area contributed by atoms with E-state index in [-0.39, 0.29) is 36.4 Å². The van der Waals surface area contributed by atoms with Crippen LogP contribution < -0.4 is 5.32 Å². The Morgan fingerprint density at radius 3 is 2.48 bits per heavy atom. The summed E-state index contributed by atoms with van der Waals surface area (Å²) in [4.78, 5) is 23.8. The second-order valence-electron chi connectivity index (χ2n) is 8.73. The van der Waals surface area contributed by atoms with E-state index >= 15 is 0 Å². The van der Waals surface area contributed by atoms with Gasteiger partial charge in [-0.1, -0.05) is 13.8 Å². The van der Waals surface area contributed by atoms with E-state index in [0.29, 0.717) is 24.1 Å². The first kappa shape index (κ1) is 25.9. The van der Waals surface area contributed by atoms with Gasteiger partial charge >= 0.3 is 0 Å². The minimum absolute atomic E-state index is 0. The van der Waals surface area contributed by atoms with Crippen molar-refractivity contribution < 1.29 is 14.3 Å². The largest absolute Gasteiger partial charge is 0.467 e. The number of nitrogens with zero attached hydrogens (tertiary/aromatic N) is 4. The first-order chi connectivity index (χ1) is 14.5. The maximum absolute atomic E-state index is 12.8. The molecule has 2 N–H and O–H groups in total. The summed E-state index contributed by atoms with van der Waals surface area (Å²) in [7, 11) is 0. The number of aliphatic hydroxyl groups is 1. The Labute approximate surface area is 203 Å². The van der Waals surface area contributed by atoms with E-state index in [0.717, 1.165) is 51.8 Å². The Bertz CT molecular complexity index is 681. The fraction of sp³-hybridized carbons (Fsp3) is 0.727. The lowest BCUT2D eigenvalue weighted by Crippen LogP contribution is -2.55. The van der Waals surface area contributed by atoms with Crippen LogP contribution in [0, 0.1) is 11.8 Å². The molecule has 3 atom stereocenters. The van der Waals surface area contributed by atoms with Gasteiger partial charge in [0, 0.05) is 45.8 Å². The van der Waals surface area contributed by atoms with Crippen molar-refractivity contribution in [3.63, 3.8) is 0 Å². The topological polar surface area (TPSA) is 84.5 Å². The molecule has 0 spiro atoms. The molecule has 1 amide bonds. The van der Waals surface area contributed by atoms with Crippen molar-refractivity contribution >= 4 is 35.8 Å². The highest BCUT2D eigenvalue weighted by Crippen LogP contribution is 2.21. The van der Waals surface area contributed by atoms with Crippen LogP contribution in [0.2, 0.25) is 0 Å². The van der Waals surface area contributed by atoms with E-state index in [9.17, 15) is 9.90 Å². The molecule has 2 fully saturated rings. The molecule has 3 rings (SSSR count). The molecular formula is C22H38IN5O3. The molecule has 0 radical (unpaired) electrons. The Morgan fingerprint density at radius 2 is 1.90 bits per heavy atom. The number of rotatable bonds is 6. The number of guanidine groups is 1. The monoisotopic (exact) mass is 547 g/mol. The third-order valence-corrected chi connectivity index (χ3v) is 5.87. The number of amides is 1. The Kier molecular flexibility index (Phi) is 10.6.